The average molecular weight is 307 g/mol. The van der Waals surface area contributed by atoms with Crippen LogP contribution in [0.1, 0.15) is 51.0 Å². The van der Waals surface area contributed by atoms with Crippen molar-refractivity contribution in [2.45, 2.75) is 64.0 Å². The molecule has 1 saturated carbocycles. The van der Waals surface area contributed by atoms with Gasteiger partial charge in [-0.2, -0.15) is 0 Å². The van der Waals surface area contributed by atoms with Gasteiger partial charge in [0.05, 0.1) is 10.7 Å². The first-order valence-electron chi connectivity index (χ1n) is 8.46. The third-order valence-corrected chi connectivity index (χ3v) is 5.45. The van der Waals surface area contributed by atoms with Gasteiger partial charge in [-0.25, -0.2) is 0 Å². The van der Waals surface area contributed by atoms with Crippen molar-refractivity contribution in [2.75, 3.05) is 11.4 Å². The predicted molar refractivity (Wildman–Crippen MR) is 91.1 cm³/mol. The first kappa shape index (κ1) is 15.2. The fourth-order valence-corrected chi connectivity index (χ4v) is 4.60. The molecule has 21 heavy (non-hydrogen) atoms. The third kappa shape index (κ3) is 3.22. The molecular formula is C18H27ClN2. The lowest BCUT2D eigenvalue weighted by atomic mass is 9.95. The Bertz CT molecular complexity index is 480. The summed E-state index contributed by atoms with van der Waals surface area (Å²) in [4.78, 5) is 2.61. The van der Waals surface area contributed by atoms with Crippen molar-refractivity contribution in [3.05, 3.63) is 28.8 Å². The second kappa shape index (κ2) is 6.58. The second-order valence-electron chi connectivity index (χ2n) is 6.88. The van der Waals surface area contributed by atoms with Crippen LogP contribution < -0.4 is 10.6 Å². The summed E-state index contributed by atoms with van der Waals surface area (Å²) in [6.45, 7) is 3.22. The van der Waals surface area contributed by atoms with Crippen LogP contribution in [0.4, 0.5) is 5.69 Å². The van der Waals surface area contributed by atoms with E-state index in [2.05, 4.69) is 24.0 Å². The van der Waals surface area contributed by atoms with Crippen LogP contribution in [0, 0.1) is 5.92 Å². The molecule has 3 rings (SSSR count). The van der Waals surface area contributed by atoms with Crippen molar-refractivity contribution < 1.29 is 0 Å². The number of hydrogen-bond donors (Lipinski definition) is 1. The van der Waals surface area contributed by atoms with Gasteiger partial charge in [0.15, 0.2) is 0 Å². The van der Waals surface area contributed by atoms with E-state index in [1.165, 1.54) is 49.8 Å². The first-order chi connectivity index (χ1) is 10.2. The van der Waals surface area contributed by atoms with Gasteiger partial charge in [0, 0.05) is 18.6 Å². The van der Waals surface area contributed by atoms with E-state index in [9.17, 15) is 0 Å². The van der Waals surface area contributed by atoms with Crippen molar-refractivity contribution in [3.8, 4) is 0 Å². The summed E-state index contributed by atoms with van der Waals surface area (Å²) in [5, 5.41) is 0.901. The number of halogens is 1. The highest BCUT2D eigenvalue weighted by molar-refractivity contribution is 6.33. The molecule has 0 spiro atoms. The molecule has 2 unspecified atom stereocenters. The minimum atomic E-state index is 0.176. The van der Waals surface area contributed by atoms with Gasteiger partial charge in [0.2, 0.25) is 0 Å². The van der Waals surface area contributed by atoms with Gasteiger partial charge < -0.3 is 10.6 Å². The van der Waals surface area contributed by atoms with Crippen LogP contribution >= 0.6 is 11.6 Å². The Morgan fingerprint density at radius 3 is 2.71 bits per heavy atom. The summed E-state index contributed by atoms with van der Waals surface area (Å²) < 4.78 is 0. The Hall–Kier alpha value is -0.730. The molecule has 2 aliphatic rings. The van der Waals surface area contributed by atoms with Gasteiger partial charge in [0.1, 0.15) is 0 Å². The average Bonchev–Trinajstić information content (AvgIpc) is 3.08. The maximum atomic E-state index is 6.58. The molecule has 1 saturated heterocycles. The molecule has 1 aromatic carbocycles. The molecule has 0 amide bonds. The van der Waals surface area contributed by atoms with Crippen LogP contribution in [0.2, 0.25) is 5.02 Å². The number of para-hydroxylation sites is 1. The largest absolute Gasteiger partial charge is 0.367 e. The van der Waals surface area contributed by atoms with Crippen LogP contribution in [0.15, 0.2) is 18.2 Å². The zero-order valence-corrected chi connectivity index (χ0v) is 13.8. The number of anilines is 1. The summed E-state index contributed by atoms with van der Waals surface area (Å²) in [6, 6.07) is 7.17. The van der Waals surface area contributed by atoms with E-state index < -0.39 is 0 Å². The Kier molecular flexibility index (Phi) is 4.75. The fraction of sp³-hybridized carbons (Fsp3) is 0.667. The second-order valence-corrected chi connectivity index (χ2v) is 7.28. The van der Waals surface area contributed by atoms with Crippen LogP contribution in [0.5, 0.6) is 0 Å². The summed E-state index contributed by atoms with van der Waals surface area (Å²) >= 11 is 6.58. The van der Waals surface area contributed by atoms with E-state index in [4.69, 9.17) is 17.3 Å². The molecule has 0 aromatic heterocycles. The Morgan fingerprint density at radius 1 is 1.24 bits per heavy atom. The van der Waals surface area contributed by atoms with Crippen LogP contribution in [-0.2, 0) is 6.42 Å². The number of nitrogens with zero attached hydrogens (tertiary/aromatic N) is 1. The van der Waals surface area contributed by atoms with Crippen LogP contribution in [0.25, 0.3) is 0 Å². The van der Waals surface area contributed by atoms with Crippen LogP contribution in [0.3, 0.4) is 0 Å². The molecule has 1 aliphatic heterocycles. The minimum Gasteiger partial charge on any atom is -0.367 e. The highest BCUT2D eigenvalue weighted by atomic mass is 35.5. The van der Waals surface area contributed by atoms with E-state index in [1.807, 2.05) is 6.07 Å². The lowest BCUT2D eigenvalue weighted by Gasteiger charge is -2.33. The molecule has 2 N–H and O–H groups in total. The fourth-order valence-electron chi connectivity index (χ4n) is 4.30. The topological polar surface area (TPSA) is 29.3 Å². The Morgan fingerprint density at radius 2 is 2.00 bits per heavy atom. The van der Waals surface area contributed by atoms with Gasteiger partial charge in [-0.05, 0) is 56.6 Å². The number of benzene rings is 1. The van der Waals surface area contributed by atoms with Crippen LogP contribution in [-0.4, -0.2) is 18.6 Å². The van der Waals surface area contributed by atoms with E-state index >= 15 is 0 Å². The monoisotopic (exact) mass is 306 g/mol. The zero-order valence-electron chi connectivity index (χ0n) is 13.0. The van der Waals surface area contributed by atoms with Gasteiger partial charge in [-0.15, -0.1) is 0 Å². The third-order valence-electron chi connectivity index (χ3n) is 5.14. The molecule has 1 aromatic rings. The molecular weight excluding hydrogens is 280 g/mol. The van der Waals surface area contributed by atoms with Gasteiger partial charge >= 0.3 is 0 Å². The SMILES string of the molecule is CC(N)Cc1cccc(Cl)c1N1CCCC1C1CCCC1. The number of nitrogens with two attached hydrogens (primary N) is 1. The van der Waals surface area contributed by atoms with E-state index in [1.54, 1.807) is 0 Å². The molecule has 0 bridgehead atoms. The van der Waals surface area contributed by atoms with E-state index in [0.717, 1.165) is 23.9 Å². The minimum absolute atomic E-state index is 0.176. The van der Waals surface area contributed by atoms with Crippen molar-refractivity contribution >= 4 is 17.3 Å². The molecule has 2 fully saturated rings. The molecule has 2 nitrogen and oxygen atoms in total. The molecule has 1 heterocycles. The number of hydrogen-bond acceptors (Lipinski definition) is 2. The standard InChI is InChI=1S/C18H27ClN2/c1-13(20)12-15-8-4-9-16(19)18(15)21-11-5-10-17(21)14-6-2-3-7-14/h4,8-9,13-14,17H,2-3,5-7,10-12,20H2,1H3. The summed E-state index contributed by atoms with van der Waals surface area (Å²) in [5.41, 5.74) is 8.63. The van der Waals surface area contributed by atoms with E-state index in [-0.39, 0.29) is 6.04 Å². The van der Waals surface area contributed by atoms with Gasteiger partial charge in [0.25, 0.3) is 0 Å². The Labute approximate surface area is 133 Å². The zero-order chi connectivity index (χ0) is 14.8. The predicted octanol–water partition coefficient (Wildman–Crippen LogP) is 4.39. The van der Waals surface area contributed by atoms with Crippen molar-refractivity contribution in [2.24, 2.45) is 11.7 Å². The molecule has 0 radical (unpaired) electrons. The summed E-state index contributed by atoms with van der Waals surface area (Å²) in [6.07, 6.45) is 9.14. The highest BCUT2D eigenvalue weighted by Crippen LogP contribution is 2.41. The first-order valence-corrected chi connectivity index (χ1v) is 8.84. The lowest BCUT2D eigenvalue weighted by molar-refractivity contribution is 0.430. The van der Waals surface area contributed by atoms with Crippen molar-refractivity contribution in [3.63, 3.8) is 0 Å². The van der Waals surface area contributed by atoms with Gasteiger partial charge in [-0.3, -0.25) is 0 Å². The van der Waals surface area contributed by atoms with Crippen molar-refractivity contribution in [1.29, 1.82) is 0 Å². The van der Waals surface area contributed by atoms with Gasteiger partial charge in [-0.1, -0.05) is 36.6 Å². The molecule has 116 valence electrons. The van der Waals surface area contributed by atoms with E-state index in [0.29, 0.717) is 6.04 Å². The maximum absolute atomic E-state index is 6.58. The smallest absolute Gasteiger partial charge is 0.0642 e. The molecule has 3 heteroatoms. The normalized spacial score (nSPS) is 24.7. The number of rotatable bonds is 4. The van der Waals surface area contributed by atoms with Crippen molar-refractivity contribution in [1.82, 2.24) is 0 Å². The highest BCUT2D eigenvalue weighted by Gasteiger charge is 2.35. The molecule has 2 atom stereocenters. The summed E-state index contributed by atoms with van der Waals surface area (Å²) in [5.74, 6) is 0.868. The Balaban J connectivity index is 1.90. The lowest BCUT2D eigenvalue weighted by Crippen LogP contribution is -2.36. The summed E-state index contributed by atoms with van der Waals surface area (Å²) in [7, 11) is 0. The maximum Gasteiger partial charge on any atom is 0.0642 e. The molecule has 1 aliphatic carbocycles. The quantitative estimate of drug-likeness (QED) is 0.894.